The lowest BCUT2D eigenvalue weighted by Crippen LogP contribution is -2.14. The Kier molecular flexibility index (Phi) is 4.83. The number of carbonyl (C=O) groups excluding carboxylic acids is 1. The molecule has 0 aliphatic rings. The van der Waals surface area contributed by atoms with E-state index in [2.05, 4.69) is 14.1 Å². The second kappa shape index (κ2) is 6.83. The molecule has 0 spiro atoms. The van der Waals surface area contributed by atoms with Crippen molar-refractivity contribution in [2.75, 3.05) is 11.1 Å². The molecule has 0 unspecified atom stereocenters. The fourth-order valence-corrected chi connectivity index (χ4v) is 3.37. The van der Waals surface area contributed by atoms with Gasteiger partial charge in [0.15, 0.2) is 0 Å². The number of hydrogen-bond acceptors (Lipinski definition) is 5. The van der Waals surface area contributed by atoms with Gasteiger partial charge in [0.05, 0.1) is 28.2 Å². The number of halogens is 2. The first-order valence-corrected chi connectivity index (χ1v) is 8.69. The molecular formula is C14H9Cl2N3OS2. The van der Waals surface area contributed by atoms with E-state index in [0.717, 1.165) is 22.1 Å². The Morgan fingerprint density at radius 3 is 2.68 bits per heavy atom. The van der Waals surface area contributed by atoms with Gasteiger partial charge >= 0.3 is 0 Å². The topological polar surface area (TPSA) is 54.9 Å². The van der Waals surface area contributed by atoms with E-state index in [4.69, 9.17) is 23.2 Å². The third kappa shape index (κ3) is 3.52. The van der Waals surface area contributed by atoms with Crippen LogP contribution in [0.15, 0.2) is 41.3 Å². The largest absolute Gasteiger partial charge is 0.322 e. The maximum atomic E-state index is 12.1. The number of amides is 1. The van der Waals surface area contributed by atoms with Gasteiger partial charge in [0.2, 0.25) is 5.91 Å². The molecule has 1 amide bonds. The second-order valence-corrected chi connectivity index (χ2v) is 6.77. The highest BCUT2D eigenvalue weighted by Crippen LogP contribution is 2.30. The minimum atomic E-state index is -0.151. The molecule has 1 N–H and O–H groups in total. The molecule has 0 atom stereocenters. The van der Waals surface area contributed by atoms with Gasteiger partial charge in [0, 0.05) is 9.92 Å². The van der Waals surface area contributed by atoms with Crippen molar-refractivity contribution in [1.82, 2.24) is 8.75 Å². The molecule has 3 rings (SSSR count). The van der Waals surface area contributed by atoms with Crippen LogP contribution in [0.5, 0.6) is 0 Å². The van der Waals surface area contributed by atoms with Gasteiger partial charge in [0.25, 0.3) is 0 Å². The van der Waals surface area contributed by atoms with Crippen molar-refractivity contribution < 1.29 is 4.79 Å². The Labute approximate surface area is 145 Å². The van der Waals surface area contributed by atoms with Crippen LogP contribution < -0.4 is 5.32 Å². The Morgan fingerprint density at radius 2 is 1.91 bits per heavy atom. The SMILES string of the molecule is O=C(CSc1ccc(Cl)cc1)Nc1c(Cl)ccc2nsnc12. The van der Waals surface area contributed by atoms with Crippen molar-refractivity contribution in [3.8, 4) is 0 Å². The van der Waals surface area contributed by atoms with E-state index in [1.165, 1.54) is 11.8 Å². The molecule has 0 radical (unpaired) electrons. The highest BCUT2D eigenvalue weighted by atomic mass is 35.5. The van der Waals surface area contributed by atoms with Crippen LogP contribution in [0.2, 0.25) is 10.0 Å². The van der Waals surface area contributed by atoms with Crippen LogP contribution in [0.1, 0.15) is 0 Å². The normalized spacial score (nSPS) is 10.8. The zero-order valence-corrected chi connectivity index (χ0v) is 14.2. The number of fused-ring (bicyclic) bond motifs is 1. The zero-order chi connectivity index (χ0) is 15.5. The predicted octanol–water partition coefficient (Wildman–Crippen LogP) is 4.73. The van der Waals surface area contributed by atoms with Crippen LogP contribution in [-0.4, -0.2) is 20.4 Å². The number of nitrogens with one attached hydrogen (secondary N) is 1. The van der Waals surface area contributed by atoms with Gasteiger partial charge in [0.1, 0.15) is 11.0 Å². The average molecular weight is 370 g/mol. The summed E-state index contributed by atoms with van der Waals surface area (Å²) in [6.07, 6.45) is 0. The summed E-state index contributed by atoms with van der Waals surface area (Å²) >= 11 is 14.5. The van der Waals surface area contributed by atoms with Crippen LogP contribution in [-0.2, 0) is 4.79 Å². The van der Waals surface area contributed by atoms with Gasteiger partial charge in [-0.05, 0) is 36.4 Å². The van der Waals surface area contributed by atoms with Crippen molar-refractivity contribution >= 4 is 69.3 Å². The number of rotatable bonds is 4. The Balaban J connectivity index is 1.69. The lowest BCUT2D eigenvalue weighted by Gasteiger charge is -2.07. The van der Waals surface area contributed by atoms with Crippen molar-refractivity contribution in [3.63, 3.8) is 0 Å². The fraction of sp³-hybridized carbons (Fsp3) is 0.0714. The van der Waals surface area contributed by atoms with E-state index < -0.39 is 0 Å². The summed E-state index contributed by atoms with van der Waals surface area (Å²) in [6.45, 7) is 0. The molecular weight excluding hydrogens is 361 g/mol. The Morgan fingerprint density at radius 1 is 1.14 bits per heavy atom. The fourth-order valence-electron chi connectivity index (χ4n) is 1.80. The summed E-state index contributed by atoms with van der Waals surface area (Å²) in [4.78, 5) is 13.1. The minimum Gasteiger partial charge on any atom is -0.322 e. The summed E-state index contributed by atoms with van der Waals surface area (Å²) in [7, 11) is 0. The Hall–Kier alpha value is -1.34. The van der Waals surface area contributed by atoms with Crippen molar-refractivity contribution in [3.05, 3.63) is 46.4 Å². The molecule has 0 saturated carbocycles. The third-order valence-electron chi connectivity index (χ3n) is 2.83. The minimum absolute atomic E-state index is 0.151. The second-order valence-electron chi connectivity index (χ2n) is 4.35. The number of aromatic nitrogens is 2. The molecule has 22 heavy (non-hydrogen) atoms. The monoisotopic (exact) mass is 369 g/mol. The summed E-state index contributed by atoms with van der Waals surface area (Å²) in [5.41, 5.74) is 1.84. The van der Waals surface area contributed by atoms with E-state index in [1.54, 1.807) is 24.3 Å². The predicted molar refractivity (Wildman–Crippen MR) is 93.2 cm³/mol. The molecule has 0 bridgehead atoms. The molecule has 8 heteroatoms. The number of benzene rings is 2. The first-order chi connectivity index (χ1) is 10.6. The smallest absolute Gasteiger partial charge is 0.234 e. The number of thioether (sulfide) groups is 1. The lowest BCUT2D eigenvalue weighted by molar-refractivity contribution is -0.113. The van der Waals surface area contributed by atoms with Gasteiger partial charge in [-0.2, -0.15) is 8.75 Å². The third-order valence-corrected chi connectivity index (χ3v) is 4.95. The van der Waals surface area contributed by atoms with E-state index >= 15 is 0 Å². The van der Waals surface area contributed by atoms with Crippen LogP contribution in [0.25, 0.3) is 11.0 Å². The van der Waals surface area contributed by atoms with Gasteiger partial charge < -0.3 is 5.32 Å². The summed E-state index contributed by atoms with van der Waals surface area (Å²) < 4.78 is 8.30. The van der Waals surface area contributed by atoms with Crippen molar-refractivity contribution in [2.24, 2.45) is 0 Å². The molecule has 4 nitrogen and oxygen atoms in total. The summed E-state index contributed by atoms with van der Waals surface area (Å²) in [5.74, 6) is 0.119. The number of hydrogen-bond donors (Lipinski definition) is 1. The lowest BCUT2D eigenvalue weighted by atomic mass is 10.2. The van der Waals surface area contributed by atoms with Crippen molar-refractivity contribution in [1.29, 1.82) is 0 Å². The van der Waals surface area contributed by atoms with E-state index in [-0.39, 0.29) is 11.7 Å². The standard InChI is InChI=1S/C14H9Cl2N3OS2/c15-8-1-3-9(4-2-8)21-7-12(20)17-13-10(16)5-6-11-14(13)19-22-18-11/h1-6H,7H2,(H,17,20). The van der Waals surface area contributed by atoms with Gasteiger partial charge in [-0.3, -0.25) is 4.79 Å². The molecule has 1 heterocycles. The van der Waals surface area contributed by atoms with Crippen LogP contribution >= 0.6 is 46.7 Å². The molecule has 0 aliphatic carbocycles. The Bertz CT molecular complexity index is 821. The quantitative estimate of drug-likeness (QED) is 0.675. The zero-order valence-electron chi connectivity index (χ0n) is 11.0. The average Bonchev–Trinajstić information content (AvgIpc) is 2.98. The molecule has 1 aromatic heterocycles. The van der Waals surface area contributed by atoms with Crippen LogP contribution in [0.4, 0.5) is 5.69 Å². The molecule has 0 aliphatic heterocycles. The molecule has 3 aromatic rings. The first kappa shape index (κ1) is 15.6. The highest BCUT2D eigenvalue weighted by molar-refractivity contribution is 8.00. The van der Waals surface area contributed by atoms with Gasteiger partial charge in [-0.25, -0.2) is 0 Å². The number of anilines is 1. The van der Waals surface area contributed by atoms with E-state index in [1.807, 2.05) is 12.1 Å². The maximum Gasteiger partial charge on any atom is 0.234 e. The first-order valence-electron chi connectivity index (χ1n) is 6.22. The number of carbonyl (C=O) groups is 1. The molecule has 0 fully saturated rings. The van der Waals surface area contributed by atoms with Crippen LogP contribution in [0, 0.1) is 0 Å². The van der Waals surface area contributed by atoms with E-state index in [9.17, 15) is 4.79 Å². The highest BCUT2D eigenvalue weighted by Gasteiger charge is 2.13. The summed E-state index contributed by atoms with van der Waals surface area (Å²) in [5, 5.41) is 3.93. The maximum absolute atomic E-state index is 12.1. The summed E-state index contributed by atoms with van der Waals surface area (Å²) in [6, 6.07) is 10.8. The van der Waals surface area contributed by atoms with Crippen LogP contribution in [0.3, 0.4) is 0 Å². The number of nitrogens with zero attached hydrogens (tertiary/aromatic N) is 2. The van der Waals surface area contributed by atoms with Crippen molar-refractivity contribution in [2.45, 2.75) is 4.90 Å². The molecule has 2 aromatic carbocycles. The van der Waals surface area contributed by atoms with Gasteiger partial charge in [-0.1, -0.05) is 23.2 Å². The molecule has 112 valence electrons. The molecule has 0 saturated heterocycles. The van der Waals surface area contributed by atoms with E-state index in [0.29, 0.717) is 21.2 Å². The van der Waals surface area contributed by atoms with Gasteiger partial charge in [-0.15, -0.1) is 11.8 Å².